The second-order valence-corrected chi connectivity index (χ2v) is 6.05. The highest BCUT2D eigenvalue weighted by molar-refractivity contribution is 5.03. The van der Waals surface area contributed by atoms with Crippen molar-refractivity contribution in [2.75, 3.05) is 33.7 Å². The van der Waals surface area contributed by atoms with E-state index in [-0.39, 0.29) is 0 Å². The monoisotopic (exact) mass is 261 g/mol. The van der Waals surface area contributed by atoms with Gasteiger partial charge >= 0.3 is 0 Å². The van der Waals surface area contributed by atoms with Crippen LogP contribution in [0, 0.1) is 5.41 Å². The van der Waals surface area contributed by atoms with Crippen molar-refractivity contribution in [1.82, 2.24) is 15.2 Å². The van der Waals surface area contributed by atoms with Gasteiger partial charge in [-0.25, -0.2) is 0 Å². The largest absolute Gasteiger partial charge is 0.319 e. The van der Waals surface area contributed by atoms with Gasteiger partial charge in [-0.3, -0.25) is 4.98 Å². The van der Waals surface area contributed by atoms with E-state index >= 15 is 0 Å². The number of hydrogen-bond donors (Lipinski definition) is 1. The zero-order valence-corrected chi connectivity index (χ0v) is 12.4. The van der Waals surface area contributed by atoms with E-state index < -0.39 is 0 Å². The lowest BCUT2D eigenvalue weighted by Crippen LogP contribution is -2.41. The first-order valence-corrected chi connectivity index (χ1v) is 7.47. The van der Waals surface area contributed by atoms with Crippen molar-refractivity contribution in [3.8, 4) is 0 Å². The molecule has 0 spiro atoms. The Bertz CT molecular complexity index is 358. The van der Waals surface area contributed by atoms with Crippen molar-refractivity contribution in [2.45, 2.75) is 32.1 Å². The van der Waals surface area contributed by atoms with E-state index in [1.54, 1.807) is 0 Å². The van der Waals surface area contributed by atoms with Gasteiger partial charge in [0.25, 0.3) is 0 Å². The Morgan fingerprint density at radius 1 is 1.32 bits per heavy atom. The molecule has 1 aliphatic carbocycles. The fourth-order valence-corrected chi connectivity index (χ4v) is 3.39. The van der Waals surface area contributed by atoms with E-state index in [1.807, 2.05) is 12.3 Å². The fourth-order valence-electron chi connectivity index (χ4n) is 3.39. The van der Waals surface area contributed by atoms with E-state index in [9.17, 15) is 0 Å². The minimum Gasteiger partial charge on any atom is -0.319 e. The Hall–Kier alpha value is -0.930. The normalized spacial score (nSPS) is 18.1. The summed E-state index contributed by atoms with van der Waals surface area (Å²) in [7, 11) is 4.33. The van der Waals surface area contributed by atoms with Crippen LogP contribution in [0.3, 0.4) is 0 Å². The number of hydrogen-bond acceptors (Lipinski definition) is 3. The topological polar surface area (TPSA) is 28.2 Å². The summed E-state index contributed by atoms with van der Waals surface area (Å²) in [4.78, 5) is 6.88. The summed E-state index contributed by atoms with van der Waals surface area (Å²) in [5, 5.41) is 3.39. The molecule has 2 rings (SSSR count). The number of nitrogens with one attached hydrogen (secondary N) is 1. The lowest BCUT2D eigenvalue weighted by atomic mass is 9.85. The van der Waals surface area contributed by atoms with Crippen molar-refractivity contribution >= 4 is 0 Å². The molecule has 0 aliphatic heterocycles. The molecular weight excluding hydrogens is 234 g/mol. The molecular formula is C16H27N3. The van der Waals surface area contributed by atoms with Crippen LogP contribution in [0.2, 0.25) is 0 Å². The van der Waals surface area contributed by atoms with Crippen LogP contribution in [0.1, 0.15) is 31.4 Å². The van der Waals surface area contributed by atoms with Gasteiger partial charge in [0.1, 0.15) is 0 Å². The minimum absolute atomic E-state index is 0.508. The average molecular weight is 261 g/mol. The number of aromatic nitrogens is 1. The van der Waals surface area contributed by atoms with E-state index in [4.69, 9.17) is 0 Å². The van der Waals surface area contributed by atoms with Crippen LogP contribution in [-0.4, -0.2) is 43.6 Å². The van der Waals surface area contributed by atoms with Crippen LogP contribution in [0.5, 0.6) is 0 Å². The molecule has 0 atom stereocenters. The van der Waals surface area contributed by atoms with Gasteiger partial charge in [-0.15, -0.1) is 0 Å². The molecule has 1 fully saturated rings. The third kappa shape index (κ3) is 4.29. The third-order valence-electron chi connectivity index (χ3n) is 4.30. The first-order chi connectivity index (χ1) is 9.24. The first-order valence-electron chi connectivity index (χ1n) is 7.47. The lowest BCUT2D eigenvalue weighted by molar-refractivity contribution is 0.176. The summed E-state index contributed by atoms with van der Waals surface area (Å²) < 4.78 is 0. The molecule has 1 aromatic heterocycles. The first kappa shape index (κ1) is 14.5. The Labute approximate surface area is 117 Å². The summed E-state index contributed by atoms with van der Waals surface area (Å²) in [6, 6.07) is 6.17. The second kappa shape index (κ2) is 7.01. The summed E-state index contributed by atoms with van der Waals surface area (Å²) in [6.07, 6.45) is 8.48. The van der Waals surface area contributed by atoms with Crippen molar-refractivity contribution in [2.24, 2.45) is 5.41 Å². The predicted molar refractivity (Wildman–Crippen MR) is 80.3 cm³/mol. The molecule has 0 radical (unpaired) electrons. The predicted octanol–water partition coefficient (Wildman–Crippen LogP) is 2.34. The van der Waals surface area contributed by atoms with Gasteiger partial charge in [0.15, 0.2) is 0 Å². The highest BCUT2D eigenvalue weighted by atomic mass is 15.1. The van der Waals surface area contributed by atoms with Gasteiger partial charge in [0, 0.05) is 37.9 Å². The molecule has 1 heterocycles. The molecule has 19 heavy (non-hydrogen) atoms. The van der Waals surface area contributed by atoms with Crippen LogP contribution in [-0.2, 0) is 6.42 Å². The zero-order chi connectivity index (χ0) is 13.6. The van der Waals surface area contributed by atoms with Crippen LogP contribution in [0.25, 0.3) is 0 Å². The second-order valence-electron chi connectivity index (χ2n) is 6.05. The van der Waals surface area contributed by atoms with Gasteiger partial charge < -0.3 is 10.2 Å². The van der Waals surface area contributed by atoms with E-state index in [0.29, 0.717) is 5.41 Å². The fraction of sp³-hybridized carbons (Fsp3) is 0.688. The maximum Gasteiger partial charge on any atom is 0.0416 e. The lowest BCUT2D eigenvalue weighted by Gasteiger charge is -2.33. The molecule has 3 heteroatoms. The van der Waals surface area contributed by atoms with Gasteiger partial charge in [-0.05, 0) is 44.5 Å². The van der Waals surface area contributed by atoms with Crippen LogP contribution < -0.4 is 5.32 Å². The van der Waals surface area contributed by atoms with Crippen molar-refractivity contribution in [3.05, 3.63) is 30.1 Å². The van der Waals surface area contributed by atoms with Crippen LogP contribution in [0.15, 0.2) is 24.4 Å². The molecule has 1 saturated carbocycles. The Morgan fingerprint density at radius 2 is 2.11 bits per heavy atom. The van der Waals surface area contributed by atoms with Crippen molar-refractivity contribution < 1.29 is 0 Å². The van der Waals surface area contributed by atoms with Crippen molar-refractivity contribution in [1.29, 1.82) is 0 Å². The number of nitrogens with zero attached hydrogens (tertiary/aromatic N) is 2. The molecule has 0 aromatic carbocycles. The third-order valence-corrected chi connectivity index (χ3v) is 4.30. The molecule has 3 nitrogen and oxygen atoms in total. The van der Waals surface area contributed by atoms with Gasteiger partial charge in [0.05, 0.1) is 0 Å². The molecule has 106 valence electrons. The Kier molecular flexibility index (Phi) is 5.34. The Morgan fingerprint density at radius 3 is 2.74 bits per heavy atom. The summed E-state index contributed by atoms with van der Waals surface area (Å²) in [5.74, 6) is 0. The number of likely N-dealkylation sites (N-methyl/N-ethyl adjacent to an activating group) is 1. The summed E-state index contributed by atoms with van der Waals surface area (Å²) in [5.41, 5.74) is 1.71. The number of rotatable bonds is 7. The van der Waals surface area contributed by atoms with Gasteiger partial charge in [-0.1, -0.05) is 18.9 Å². The minimum atomic E-state index is 0.508. The summed E-state index contributed by atoms with van der Waals surface area (Å²) >= 11 is 0. The van der Waals surface area contributed by atoms with E-state index in [0.717, 1.165) is 19.5 Å². The van der Waals surface area contributed by atoms with Crippen molar-refractivity contribution in [3.63, 3.8) is 0 Å². The Balaban J connectivity index is 1.81. The maximum absolute atomic E-state index is 4.40. The SMILES string of the molecule is CNCC1(CN(C)CCc2ccccn2)CCCC1. The molecule has 1 aromatic rings. The molecule has 0 saturated heterocycles. The van der Waals surface area contributed by atoms with Gasteiger partial charge in [-0.2, -0.15) is 0 Å². The maximum atomic E-state index is 4.40. The standard InChI is InChI=1S/C16H27N3/c1-17-13-16(9-4-5-10-16)14-19(2)12-8-15-7-3-6-11-18-15/h3,6-7,11,17H,4-5,8-10,12-14H2,1-2H3. The van der Waals surface area contributed by atoms with Crippen LogP contribution >= 0.6 is 0 Å². The molecule has 0 bridgehead atoms. The highest BCUT2D eigenvalue weighted by Gasteiger charge is 2.33. The van der Waals surface area contributed by atoms with Gasteiger partial charge in [0.2, 0.25) is 0 Å². The smallest absolute Gasteiger partial charge is 0.0416 e. The quantitative estimate of drug-likeness (QED) is 0.816. The summed E-state index contributed by atoms with van der Waals surface area (Å²) in [6.45, 7) is 3.46. The molecule has 1 N–H and O–H groups in total. The van der Waals surface area contributed by atoms with Crippen LogP contribution in [0.4, 0.5) is 0 Å². The molecule has 0 amide bonds. The van der Waals surface area contributed by atoms with E-state index in [1.165, 1.54) is 37.9 Å². The zero-order valence-electron chi connectivity index (χ0n) is 12.4. The molecule has 1 aliphatic rings. The molecule has 0 unspecified atom stereocenters. The highest BCUT2D eigenvalue weighted by Crippen LogP contribution is 2.38. The number of pyridine rings is 1. The average Bonchev–Trinajstić information content (AvgIpc) is 2.86. The van der Waals surface area contributed by atoms with E-state index in [2.05, 4.69) is 41.4 Å².